The Morgan fingerprint density at radius 3 is 2.93 bits per heavy atom. The summed E-state index contributed by atoms with van der Waals surface area (Å²) >= 11 is 3.11. The van der Waals surface area contributed by atoms with Crippen LogP contribution < -0.4 is 10.3 Å². The first kappa shape index (κ1) is 19.5. The molecular formula is C20H21N3O2S2. The number of hydrogen-bond donors (Lipinski definition) is 0. The molecule has 140 valence electrons. The van der Waals surface area contributed by atoms with E-state index in [-0.39, 0.29) is 5.56 Å². The minimum absolute atomic E-state index is 0.0514. The molecule has 0 bridgehead atoms. The molecule has 0 aliphatic heterocycles. The zero-order valence-corrected chi connectivity index (χ0v) is 17.2. The number of aryl methyl sites for hydroxylation is 2. The van der Waals surface area contributed by atoms with Crippen LogP contribution >= 0.6 is 23.1 Å². The third-order valence-corrected chi connectivity index (χ3v) is 6.68. The SMILES string of the molecule is CCc1sc2nc(SCCCC#N)n(-c3cccc(OC)c3)c(=O)c2c1C. The lowest BCUT2D eigenvalue weighted by Gasteiger charge is -2.13. The maximum absolute atomic E-state index is 13.4. The highest BCUT2D eigenvalue weighted by molar-refractivity contribution is 7.99. The lowest BCUT2D eigenvalue weighted by Crippen LogP contribution is -2.21. The highest BCUT2D eigenvalue weighted by atomic mass is 32.2. The van der Waals surface area contributed by atoms with E-state index in [0.717, 1.165) is 34.7 Å². The first-order valence-electron chi connectivity index (χ1n) is 8.79. The fourth-order valence-electron chi connectivity index (χ4n) is 2.94. The van der Waals surface area contributed by atoms with Crippen molar-refractivity contribution in [3.05, 3.63) is 45.1 Å². The smallest absolute Gasteiger partial charge is 0.267 e. The second kappa shape index (κ2) is 8.59. The molecule has 3 aromatic rings. The van der Waals surface area contributed by atoms with Crippen LogP contribution in [-0.2, 0) is 6.42 Å². The second-order valence-electron chi connectivity index (χ2n) is 6.03. The van der Waals surface area contributed by atoms with Crippen LogP contribution in [0.3, 0.4) is 0 Å². The van der Waals surface area contributed by atoms with Crippen LogP contribution in [0, 0.1) is 18.3 Å². The predicted molar refractivity (Wildman–Crippen MR) is 111 cm³/mol. The summed E-state index contributed by atoms with van der Waals surface area (Å²) in [7, 11) is 1.61. The van der Waals surface area contributed by atoms with E-state index in [2.05, 4.69) is 13.0 Å². The number of unbranched alkanes of at least 4 members (excludes halogenated alkanes) is 1. The number of hydrogen-bond acceptors (Lipinski definition) is 6. The van der Waals surface area contributed by atoms with Crippen LogP contribution in [0.4, 0.5) is 0 Å². The lowest BCUT2D eigenvalue weighted by molar-refractivity contribution is 0.414. The maximum Gasteiger partial charge on any atom is 0.267 e. The van der Waals surface area contributed by atoms with Gasteiger partial charge in [0.05, 0.1) is 24.3 Å². The molecule has 7 heteroatoms. The molecule has 2 aromatic heterocycles. The van der Waals surface area contributed by atoms with Crippen LogP contribution in [0.2, 0.25) is 0 Å². The molecule has 0 aliphatic carbocycles. The summed E-state index contributed by atoms with van der Waals surface area (Å²) in [6.07, 6.45) is 2.14. The second-order valence-corrected chi connectivity index (χ2v) is 8.18. The van der Waals surface area contributed by atoms with Crippen molar-refractivity contribution in [1.82, 2.24) is 9.55 Å². The topological polar surface area (TPSA) is 67.9 Å². The van der Waals surface area contributed by atoms with Crippen molar-refractivity contribution in [2.24, 2.45) is 0 Å². The Hall–Kier alpha value is -2.30. The van der Waals surface area contributed by atoms with Gasteiger partial charge in [-0.05, 0) is 37.5 Å². The minimum Gasteiger partial charge on any atom is -0.497 e. The molecule has 0 saturated heterocycles. The molecule has 0 spiro atoms. The zero-order chi connectivity index (χ0) is 19.4. The third-order valence-electron chi connectivity index (χ3n) is 4.33. The van der Waals surface area contributed by atoms with Gasteiger partial charge in [0.25, 0.3) is 5.56 Å². The third kappa shape index (κ3) is 3.87. The van der Waals surface area contributed by atoms with Crippen molar-refractivity contribution in [3.8, 4) is 17.5 Å². The van der Waals surface area contributed by atoms with Gasteiger partial charge in [0.2, 0.25) is 0 Å². The normalized spacial score (nSPS) is 10.9. The predicted octanol–water partition coefficient (Wildman–Crippen LogP) is 4.72. The number of ether oxygens (including phenoxy) is 1. The number of nitriles is 1. The summed E-state index contributed by atoms with van der Waals surface area (Å²) < 4.78 is 6.99. The number of methoxy groups -OCH3 is 1. The highest BCUT2D eigenvalue weighted by Crippen LogP contribution is 2.31. The van der Waals surface area contributed by atoms with E-state index < -0.39 is 0 Å². The van der Waals surface area contributed by atoms with E-state index in [1.54, 1.807) is 23.0 Å². The van der Waals surface area contributed by atoms with Crippen LogP contribution in [0.1, 0.15) is 30.2 Å². The molecule has 0 saturated carbocycles. The molecule has 0 aliphatic rings. The number of rotatable bonds is 7. The van der Waals surface area contributed by atoms with Crippen LogP contribution in [0.15, 0.2) is 34.2 Å². The number of thiophene rings is 1. The van der Waals surface area contributed by atoms with Gasteiger partial charge < -0.3 is 4.74 Å². The Balaban J connectivity index is 2.20. The number of benzene rings is 1. The van der Waals surface area contributed by atoms with E-state index in [1.165, 1.54) is 16.6 Å². The fraction of sp³-hybridized carbons (Fsp3) is 0.350. The average molecular weight is 400 g/mol. The van der Waals surface area contributed by atoms with Crippen molar-refractivity contribution in [2.75, 3.05) is 12.9 Å². The molecule has 5 nitrogen and oxygen atoms in total. The lowest BCUT2D eigenvalue weighted by atomic mass is 10.2. The van der Waals surface area contributed by atoms with Gasteiger partial charge in [0.15, 0.2) is 5.16 Å². The van der Waals surface area contributed by atoms with E-state index in [0.29, 0.717) is 22.7 Å². The summed E-state index contributed by atoms with van der Waals surface area (Å²) in [5.74, 6) is 1.43. The number of nitrogens with zero attached hydrogens (tertiary/aromatic N) is 3. The first-order chi connectivity index (χ1) is 13.1. The summed E-state index contributed by atoms with van der Waals surface area (Å²) in [5.41, 5.74) is 1.71. The Morgan fingerprint density at radius 1 is 1.41 bits per heavy atom. The van der Waals surface area contributed by atoms with Gasteiger partial charge in [-0.1, -0.05) is 24.8 Å². The van der Waals surface area contributed by atoms with Gasteiger partial charge in [0, 0.05) is 23.1 Å². The summed E-state index contributed by atoms with van der Waals surface area (Å²) in [4.78, 5) is 20.2. The van der Waals surface area contributed by atoms with Crippen molar-refractivity contribution in [1.29, 1.82) is 5.26 Å². The van der Waals surface area contributed by atoms with Crippen LogP contribution in [0.5, 0.6) is 5.75 Å². The summed E-state index contributed by atoms with van der Waals surface area (Å²) in [6.45, 7) is 4.09. The molecule has 0 unspecified atom stereocenters. The monoisotopic (exact) mass is 399 g/mol. The molecule has 0 N–H and O–H groups in total. The molecule has 0 radical (unpaired) electrons. The minimum atomic E-state index is -0.0514. The van der Waals surface area contributed by atoms with E-state index in [1.807, 2.05) is 31.2 Å². The molecule has 27 heavy (non-hydrogen) atoms. The summed E-state index contributed by atoms with van der Waals surface area (Å²) in [5, 5.41) is 10.1. The zero-order valence-electron chi connectivity index (χ0n) is 15.6. The Kier molecular flexibility index (Phi) is 6.19. The van der Waals surface area contributed by atoms with Gasteiger partial charge in [-0.15, -0.1) is 11.3 Å². The highest BCUT2D eigenvalue weighted by Gasteiger charge is 2.19. The quantitative estimate of drug-likeness (QED) is 0.327. The molecule has 0 fully saturated rings. The Morgan fingerprint density at radius 2 is 2.22 bits per heavy atom. The van der Waals surface area contributed by atoms with Gasteiger partial charge >= 0.3 is 0 Å². The van der Waals surface area contributed by atoms with Crippen molar-refractivity contribution < 1.29 is 4.74 Å². The largest absolute Gasteiger partial charge is 0.497 e. The fourth-order valence-corrected chi connectivity index (χ4v) is 5.05. The first-order valence-corrected chi connectivity index (χ1v) is 10.6. The molecular weight excluding hydrogens is 378 g/mol. The molecule has 0 amide bonds. The Bertz CT molecular complexity index is 1060. The van der Waals surface area contributed by atoms with Crippen LogP contribution in [-0.4, -0.2) is 22.4 Å². The van der Waals surface area contributed by atoms with Gasteiger partial charge in [-0.3, -0.25) is 9.36 Å². The van der Waals surface area contributed by atoms with Crippen molar-refractivity contribution in [2.45, 2.75) is 38.3 Å². The van der Waals surface area contributed by atoms with Crippen molar-refractivity contribution >= 4 is 33.3 Å². The van der Waals surface area contributed by atoms with Gasteiger partial charge in [-0.2, -0.15) is 5.26 Å². The van der Waals surface area contributed by atoms with Crippen molar-refractivity contribution in [3.63, 3.8) is 0 Å². The molecule has 0 atom stereocenters. The molecule has 1 aromatic carbocycles. The molecule has 2 heterocycles. The van der Waals surface area contributed by atoms with Gasteiger partial charge in [0.1, 0.15) is 10.6 Å². The van der Waals surface area contributed by atoms with E-state index in [9.17, 15) is 4.79 Å². The number of fused-ring (bicyclic) bond motifs is 1. The van der Waals surface area contributed by atoms with Gasteiger partial charge in [-0.25, -0.2) is 4.98 Å². The standard InChI is InChI=1S/C20H21N3O2S2/c1-4-16-13(2)17-18(27-16)22-20(26-11-6-5-10-21)23(19(17)24)14-8-7-9-15(12-14)25-3/h7-9,12H,4-6,11H2,1-3H3. The Labute approximate surface area is 166 Å². The number of thioether (sulfide) groups is 1. The number of aromatic nitrogens is 2. The van der Waals surface area contributed by atoms with E-state index >= 15 is 0 Å². The average Bonchev–Trinajstić information content (AvgIpc) is 3.01. The molecule has 3 rings (SSSR count). The van der Waals surface area contributed by atoms with Crippen LogP contribution in [0.25, 0.3) is 15.9 Å². The van der Waals surface area contributed by atoms with E-state index in [4.69, 9.17) is 15.0 Å². The maximum atomic E-state index is 13.4. The summed E-state index contributed by atoms with van der Waals surface area (Å²) in [6, 6.07) is 9.61.